The average Bonchev–Trinajstić information content (AvgIpc) is 0. The van der Waals surface area contributed by atoms with Crippen LogP contribution in [0.15, 0.2) is 0 Å². The van der Waals surface area contributed by atoms with Gasteiger partial charge in [-0.25, -0.2) is 0 Å². The van der Waals surface area contributed by atoms with Crippen LogP contribution in [0.4, 0.5) is 0 Å². The first-order valence-corrected chi connectivity index (χ1v) is 0. The maximum atomic E-state index is 0. The van der Waals surface area contributed by atoms with Gasteiger partial charge in [-0.3, -0.25) is 0 Å². The average molecular weight is 202 g/mol. The quantitative estimate of drug-likeness (QED) is 0.471. The molecule has 0 aromatic carbocycles. The molecule has 0 saturated heterocycles. The monoisotopic (exact) mass is 202 g/mol. The molecule has 0 bridgehead atoms. The van der Waals surface area contributed by atoms with Crippen molar-refractivity contribution in [3.63, 3.8) is 0 Å². The van der Waals surface area contributed by atoms with Gasteiger partial charge in [0.25, 0.3) is 0 Å². The van der Waals surface area contributed by atoms with Crippen LogP contribution in [0, 0.1) is 0 Å². The van der Waals surface area contributed by atoms with E-state index < -0.39 is 0 Å². The zero-order chi connectivity index (χ0) is 0. The van der Waals surface area contributed by atoms with Crippen LogP contribution in [0.1, 0.15) is 0 Å². The summed E-state index contributed by atoms with van der Waals surface area (Å²) in [5, 5.41) is 0. The Labute approximate surface area is 64.0 Å². The van der Waals surface area contributed by atoms with Crippen LogP contribution in [0.3, 0.4) is 0 Å². The molecule has 0 aliphatic heterocycles. The van der Waals surface area contributed by atoms with Crippen LogP contribution in [-0.4, -0.2) is 28.5 Å². The Morgan fingerprint density at radius 1 is 1.00 bits per heavy atom. The summed E-state index contributed by atoms with van der Waals surface area (Å²) in [4.78, 5) is 0. The largest absolute Gasteiger partial charge is 0.870 e. The Morgan fingerprint density at radius 3 is 1.00 bits per heavy atom. The summed E-state index contributed by atoms with van der Waals surface area (Å²) in [6.07, 6.45) is 0. The molecular formula is H2MgNiORu. The molecule has 0 atom stereocenters. The molecule has 0 saturated carbocycles. The molecule has 4 heteroatoms. The second kappa shape index (κ2) is 21.1. The van der Waals surface area contributed by atoms with Crippen LogP contribution in [-0.2, 0) is 36.0 Å². The molecule has 0 aromatic rings. The van der Waals surface area contributed by atoms with E-state index in [1.54, 1.807) is 0 Å². The fourth-order valence-corrected chi connectivity index (χ4v) is 0. The fourth-order valence-electron chi connectivity index (χ4n) is 0. The van der Waals surface area contributed by atoms with E-state index in [0.717, 1.165) is 0 Å². The van der Waals surface area contributed by atoms with E-state index >= 15 is 0 Å². The molecule has 0 spiro atoms. The van der Waals surface area contributed by atoms with Gasteiger partial charge < -0.3 is 5.48 Å². The van der Waals surface area contributed by atoms with Crippen molar-refractivity contribution in [3.05, 3.63) is 0 Å². The topological polar surface area (TPSA) is 30.0 Å². The molecular weight excluding hydrogens is 200 g/mol. The van der Waals surface area contributed by atoms with Gasteiger partial charge in [-0.1, -0.05) is 0 Å². The van der Waals surface area contributed by atoms with Crippen molar-refractivity contribution >= 4 is 23.1 Å². The van der Waals surface area contributed by atoms with Crippen LogP contribution in [0.5, 0.6) is 0 Å². The summed E-state index contributed by atoms with van der Waals surface area (Å²) >= 11 is 0. The normalized spacial score (nSPS) is 0. The standard InChI is InChI=1S/Mg.Ni.H2O.Ru.H/h;;1H2;;/q+1;;;;/p-1. The third kappa shape index (κ3) is 9.14. The van der Waals surface area contributed by atoms with Crippen molar-refractivity contribution < 1.29 is 41.4 Å². The molecule has 28 valence electrons. The molecule has 0 fully saturated rings. The summed E-state index contributed by atoms with van der Waals surface area (Å²) in [6.45, 7) is 0. The van der Waals surface area contributed by atoms with Crippen molar-refractivity contribution in [1.29, 1.82) is 0 Å². The van der Waals surface area contributed by atoms with Crippen LogP contribution in [0.2, 0.25) is 0 Å². The molecule has 1 N–H and O–H groups in total. The van der Waals surface area contributed by atoms with E-state index in [-0.39, 0.29) is 64.5 Å². The van der Waals surface area contributed by atoms with Gasteiger partial charge in [0, 0.05) is 36.0 Å². The molecule has 0 heterocycles. The van der Waals surface area contributed by atoms with Crippen molar-refractivity contribution in [1.82, 2.24) is 0 Å². The molecule has 0 amide bonds. The van der Waals surface area contributed by atoms with Crippen LogP contribution in [0.25, 0.3) is 0 Å². The minimum absolute atomic E-state index is 0. The molecule has 0 aromatic heterocycles. The smallest absolute Gasteiger partial charge is 0 e. The summed E-state index contributed by atoms with van der Waals surface area (Å²) < 4.78 is 0. The number of hydrogen-bond donors (Lipinski definition) is 0. The first-order chi connectivity index (χ1) is 0. The van der Waals surface area contributed by atoms with E-state index in [9.17, 15) is 0 Å². The summed E-state index contributed by atoms with van der Waals surface area (Å²) in [5.41, 5.74) is 0. The molecule has 1 nitrogen and oxygen atoms in total. The second-order valence-corrected chi connectivity index (χ2v) is 0. The van der Waals surface area contributed by atoms with Crippen LogP contribution >= 0.6 is 0 Å². The van der Waals surface area contributed by atoms with E-state index in [1.807, 2.05) is 0 Å². The molecule has 0 radical (unpaired) electrons. The Hall–Kier alpha value is 1.84. The Balaban J connectivity index is 0. The van der Waals surface area contributed by atoms with Gasteiger partial charge in [0.05, 0.1) is 0 Å². The van der Waals surface area contributed by atoms with E-state index in [2.05, 4.69) is 0 Å². The van der Waals surface area contributed by atoms with Gasteiger partial charge in [0.1, 0.15) is 0 Å². The van der Waals surface area contributed by atoms with Gasteiger partial charge in [-0.15, -0.1) is 0 Å². The Bertz CT molecular complexity index is 8.00. The van der Waals surface area contributed by atoms with E-state index in [4.69, 9.17) is 0 Å². The van der Waals surface area contributed by atoms with Crippen molar-refractivity contribution in [2.45, 2.75) is 0 Å². The van der Waals surface area contributed by atoms with Gasteiger partial charge in [-0.2, -0.15) is 0 Å². The second-order valence-electron chi connectivity index (χ2n) is 0. The molecule has 0 rings (SSSR count). The van der Waals surface area contributed by atoms with Crippen LogP contribution < -0.4 is 0 Å². The number of hydrogen-bond acceptors (Lipinski definition) is 1. The maximum Gasteiger partial charge on any atom is 0 e. The SMILES string of the molecule is [MgH+].[Ni].[OH-].[Ru]. The van der Waals surface area contributed by atoms with Gasteiger partial charge in [0.2, 0.25) is 0 Å². The van der Waals surface area contributed by atoms with E-state index in [1.165, 1.54) is 0 Å². The molecule has 4 heavy (non-hydrogen) atoms. The first kappa shape index (κ1) is 40.3. The zero-order valence-corrected chi connectivity index (χ0v) is 6.84. The third-order valence-electron chi connectivity index (χ3n) is 0. The zero-order valence-electron chi connectivity index (χ0n) is 2.12. The summed E-state index contributed by atoms with van der Waals surface area (Å²) in [6, 6.07) is 0. The fraction of sp³-hybridized carbons (Fsp3) is 0. The molecule has 0 aliphatic carbocycles. The summed E-state index contributed by atoms with van der Waals surface area (Å²) in [7, 11) is 0. The Morgan fingerprint density at radius 2 is 1.00 bits per heavy atom. The van der Waals surface area contributed by atoms with Crippen molar-refractivity contribution in [2.75, 3.05) is 0 Å². The predicted molar refractivity (Wildman–Crippen MR) is 9.08 cm³/mol. The van der Waals surface area contributed by atoms with Gasteiger partial charge >= 0.3 is 23.1 Å². The maximum absolute atomic E-state index is 0. The predicted octanol–water partition coefficient (Wildman–Crippen LogP) is -0.830. The first-order valence-electron chi connectivity index (χ1n) is 0. The van der Waals surface area contributed by atoms with E-state index in [0.29, 0.717) is 0 Å². The van der Waals surface area contributed by atoms with Gasteiger partial charge in [0.15, 0.2) is 0 Å². The minimum Gasteiger partial charge on any atom is -0.870 e. The summed E-state index contributed by atoms with van der Waals surface area (Å²) in [5.74, 6) is 0. The minimum atomic E-state index is 0. The van der Waals surface area contributed by atoms with Crippen molar-refractivity contribution in [2.24, 2.45) is 0 Å². The van der Waals surface area contributed by atoms with Gasteiger partial charge in [-0.05, 0) is 0 Å². The Kier molecular flexibility index (Phi) is 212. The van der Waals surface area contributed by atoms with Crippen molar-refractivity contribution in [3.8, 4) is 0 Å². The molecule has 0 unspecified atom stereocenters. The number of rotatable bonds is 0. The molecule has 0 aliphatic rings. The third-order valence-corrected chi connectivity index (χ3v) is 0.